The van der Waals surface area contributed by atoms with Crippen molar-refractivity contribution in [2.75, 3.05) is 13.2 Å². The minimum absolute atomic E-state index is 0.187. The monoisotopic (exact) mass is 554 g/mol. The topological polar surface area (TPSA) is 216 Å². The minimum Gasteiger partial charge on any atom is -0.394 e. The first kappa shape index (κ1) is 34.6. The smallest absolute Gasteiger partial charge is 0.220 e. The second kappa shape index (κ2) is 15.4. The predicted molar refractivity (Wildman–Crippen MR) is 132 cm³/mol. The molecule has 8 N–H and O–H groups in total. The molecule has 0 radical (unpaired) electrons. The lowest BCUT2D eigenvalue weighted by atomic mass is 9.96. The standard InChI is InChI=1S/C13H25NO6.C11H21NO6/c1-5-8(16)14-9-11(18)10(17)7(6-15)19-12(9)20-13(2,3)4;1-5(2)17-11-8(12-6(3)14)10(16)9(15)7(4-13)18-11/h7,9-12,15,17-18H,5-6H2,1-4H3,(H,14,16);5,7-11,13,15-16H,4H2,1-3H3,(H,12,14)/t7-,9-,10+,11-,12?;7-,8-,9+,10-,11?/m11/s1. The highest BCUT2D eigenvalue weighted by Crippen LogP contribution is 2.26. The largest absolute Gasteiger partial charge is 0.394 e. The zero-order chi connectivity index (χ0) is 29.4. The lowest BCUT2D eigenvalue weighted by Gasteiger charge is -2.44. The summed E-state index contributed by atoms with van der Waals surface area (Å²) >= 11 is 0. The van der Waals surface area contributed by atoms with Crippen molar-refractivity contribution < 1.29 is 59.2 Å². The lowest BCUT2D eigenvalue weighted by Crippen LogP contribution is -2.65. The molecule has 14 heteroatoms. The van der Waals surface area contributed by atoms with E-state index in [4.69, 9.17) is 24.1 Å². The minimum atomic E-state index is -1.29. The Morgan fingerprint density at radius 2 is 1.29 bits per heavy atom. The molecular weight excluding hydrogens is 508 g/mol. The maximum Gasteiger partial charge on any atom is 0.220 e. The average molecular weight is 555 g/mol. The molecule has 2 aliphatic heterocycles. The van der Waals surface area contributed by atoms with Crippen molar-refractivity contribution >= 4 is 11.8 Å². The van der Waals surface area contributed by atoms with Gasteiger partial charge in [-0.2, -0.15) is 0 Å². The van der Waals surface area contributed by atoms with Gasteiger partial charge in [0.1, 0.15) is 48.7 Å². The van der Waals surface area contributed by atoms with Crippen LogP contribution in [0.2, 0.25) is 0 Å². The van der Waals surface area contributed by atoms with Crippen LogP contribution in [0.4, 0.5) is 0 Å². The van der Waals surface area contributed by atoms with Gasteiger partial charge in [0.2, 0.25) is 11.8 Å². The van der Waals surface area contributed by atoms with Gasteiger partial charge in [-0.25, -0.2) is 0 Å². The van der Waals surface area contributed by atoms with Crippen molar-refractivity contribution in [1.82, 2.24) is 10.6 Å². The number of carbonyl (C=O) groups is 2. The van der Waals surface area contributed by atoms with Gasteiger partial charge in [0.25, 0.3) is 0 Å². The Kier molecular flexibility index (Phi) is 14.0. The fourth-order valence-corrected chi connectivity index (χ4v) is 3.83. The van der Waals surface area contributed by atoms with Crippen LogP contribution in [-0.2, 0) is 28.5 Å². The van der Waals surface area contributed by atoms with Gasteiger partial charge in [0.05, 0.1) is 24.9 Å². The summed E-state index contributed by atoms with van der Waals surface area (Å²) in [5.74, 6) is -0.649. The van der Waals surface area contributed by atoms with E-state index in [2.05, 4.69) is 10.6 Å². The second-order valence-electron chi connectivity index (χ2n) is 10.5. The van der Waals surface area contributed by atoms with E-state index in [-0.39, 0.29) is 24.3 Å². The third-order valence-electron chi connectivity index (χ3n) is 5.66. The maximum absolute atomic E-state index is 11.5. The first-order chi connectivity index (χ1) is 17.6. The molecule has 0 aromatic heterocycles. The van der Waals surface area contributed by atoms with Crippen LogP contribution in [0.25, 0.3) is 0 Å². The first-order valence-electron chi connectivity index (χ1n) is 12.7. The Morgan fingerprint density at radius 1 is 0.842 bits per heavy atom. The van der Waals surface area contributed by atoms with Crippen LogP contribution >= 0.6 is 0 Å². The normalized spacial score (nSPS) is 35.7. The summed E-state index contributed by atoms with van der Waals surface area (Å²) in [5, 5.41) is 62.9. The van der Waals surface area contributed by atoms with Gasteiger partial charge in [0.15, 0.2) is 12.6 Å². The Labute approximate surface area is 223 Å². The second-order valence-corrected chi connectivity index (χ2v) is 10.5. The van der Waals surface area contributed by atoms with Gasteiger partial charge in [-0.15, -0.1) is 0 Å². The molecule has 38 heavy (non-hydrogen) atoms. The zero-order valence-corrected chi connectivity index (χ0v) is 23.1. The van der Waals surface area contributed by atoms with E-state index in [9.17, 15) is 35.1 Å². The molecule has 2 fully saturated rings. The number of rotatable bonds is 8. The average Bonchev–Trinajstić information content (AvgIpc) is 2.82. The molecule has 0 bridgehead atoms. The molecule has 224 valence electrons. The van der Waals surface area contributed by atoms with Crippen molar-refractivity contribution in [2.24, 2.45) is 0 Å². The number of ether oxygens (including phenoxy) is 4. The summed E-state index contributed by atoms with van der Waals surface area (Å²) in [6.07, 6.45) is -8.79. The molecule has 2 amide bonds. The van der Waals surface area contributed by atoms with E-state index in [1.165, 1.54) is 6.92 Å². The summed E-state index contributed by atoms with van der Waals surface area (Å²) in [4.78, 5) is 22.6. The molecule has 0 aromatic carbocycles. The van der Waals surface area contributed by atoms with E-state index in [0.29, 0.717) is 0 Å². The van der Waals surface area contributed by atoms with Crippen LogP contribution in [0.3, 0.4) is 0 Å². The number of aliphatic hydroxyl groups excluding tert-OH is 6. The number of amides is 2. The van der Waals surface area contributed by atoms with Gasteiger partial charge in [0, 0.05) is 13.3 Å². The third-order valence-corrected chi connectivity index (χ3v) is 5.66. The highest BCUT2D eigenvalue weighted by molar-refractivity contribution is 5.76. The SMILES string of the molecule is CC(=O)N[C@H]1C(OC(C)C)O[C@H](CO)[C@H](O)[C@@H]1O.CCC(=O)N[C@H]1C(OC(C)(C)C)O[C@H](CO)[C@H](O)[C@@H]1O. The molecule has 2 rings (SSSR count). The van der Waals surface area contributed by atoms with Gasteiger partial charge in [-0.05, 0) is 34.6 Å². The van der Waals surface area contributed by atoms with Crippen molar-refractivity contribution in [3.8, 4) is 0 Å². The zero-order valence-electron chi connectivity index (χ0n) is 23.1. The molecule has 0 aliphatic carbocycles. The van der Waals surface area contributed by atoms with Crippen molar-refractivity contribution in [3.05, 3.63) is 0 Å². The molecule has 2 unspecified atom stereocenters. The molecule has 10 atom stereocenters. The van der Waals surface area contributed by atoms with Gasteiger partial charge in [-0.3, -0.25) is 9.59 Å². The van der Waals surface area contributed by atoms with E-state index in [0.717, 1.165) is 0 Å². The summed E-state index contributed by atoms with van der Waals surface area (Å²) < 4.78 is 21.9. The summed E-state index contributed by atoms with van der Waals surface area (Å²) in [6, 6.07) is -1.76. The molecule has 0 aromatic rings. The lowest BCUT2D eigenvalue weighted by molar-refractivity contribution is -0.293. The van der Waals surface area contributed by atoms with Crippen molar-refractivity contribution in [1.29, 1.82) is 0 Å². The van der Waals surface area contributed by atoms with Crippen LogP contribution in [0.5, 0.6) is 0 Å². The highest BCUT2D eigenvalue weighted by Gasteiger charge is 2.47. The number of hydrogen-bond acceptors (Lipinski definition) is 12. The highest BCUT2D eigenvalue weighted by atomic mass is 16.7. The Balaban J connectivity index is 0.000000382. The number of aliphatic hydroxyl groups is 6. The van der Waals surface area contributed by atoms with Crippen LogP contribution in [0.1, 0.15) is 54.9 Å². The van der Waals surface area contributed by atoms with E-state index in [1.807, 2.05) is 0 Å². The Hall–Kier alpha value is -1.46. The fraction of sp³-hybridized carbons (Fsp3) is 0.917. The van der Waals surface area contributed by atoms with Crippen LogP contribution < -0.4 is 10.6 Å². The maximum atomic E-state index is 11.5. The Morgan fingerprint density at radius 3 is 1.66 bits per heavy atom. The van der Waals surface area contributed by atoms with E-state index < -0.39 is 80.1 Å². The van der Waals surface area contributed by atoms with E-state index in [1.54, 1.807) is 41.5 Å². The molecule has 2 heterocycles. The van der Waals surface area contributed by atoms with Crippen LogP contribution in [-0.4, -0.2) is 129 Å². The van der Waals surface area contributed by atoms with Gasteiger partial charge < -0.3 is 60.2 Å². The number of carbonyl (C=O) groups excluding carboxylic acids is 2. The molecule has 0 spiro atoms. The molecule has 14 nitrogen and oxygen atoms in total. The number of hydrogen-bond donors (Lipinski definition) is 8. The van der Waals surface area contributed by atoms with Crippen LogP contribution in [0.15, 0.2) is 0 Å². The van der Waals surface area contributed by atoms with Gasteiger partial charge in [-0.1, -0.05) is 6.92 Å². The predicted octanol–water partition coefficient (Wildman–Crippen LogP) is -2.51. The number of nitrogens with one attached hydrogen (secondary N) is 2. The third kappa shape index (κ3) is 10.3. The van der Waals surface area contributed by atoms with E-state index >= 15 is 0 Å². The quantitative estimate of drug-likeness (QED) is 0.156. The summed E-state index contributed by atoms with van der Waals surface area (Å²) in [7, 11) is 0. The fourth-order valence-electron chi connectivity index (χ4n) is 3.83. The molecule has 2 aliphatic rings. The molecule has 2 saturated heterocycles. The van der Waals surface area contributed by atoms with Gasteiger partial charge >= 0.3 is 0 Å². The van der Waals surface area contributed by atoms with Crippen LogP contribution in [0, 0.1) is 0 Å². The Bertz CT molecular complexity index is 734. The van der Waals surface area contributed by atoms with Crippen molar-refractivity contribution in [2.45, 2.75) is 128 Å². The van der Waals surface area contributed by atoms with Crippen molar-refractivity contribution in [3.63, 3.8) is 0 Å². The summed E-state index contributed by atoms with van der Waals surface area (Å²) in [6.45, 7) is 11.1. The summed E-state index contributed by atoms with van der Waals surface area (Å²) in [5.41, 5.74) is -0.568. The first-order valence-corrected chi connectivity index (χ1v) is 12.7. The molecule has 0 saturated carbocycles. The molecular formula is C24H46N2O12.